The SMILES string of the molecule is CC1CCC(O)(CNCCCCO)CC1. The van der Waals surface area contributed by atoms with Gasteiger partial charge >= 0.3 is 0 Å². The predicted octanol–water partition coefficient (Wildman–Crippen LogP) is 1.29. The Morgan fingerprint density at radius 2 is 1.93 bits per heavy atom. The zero-order valence-electron chi connectivity index (χ0n) is 9.84. The molecule has 3 N–H and O–H groups in total. The molecule has 1 fully saturated rings. The summed E-state index contributed by atoms with van der Waals surface area (Å²) in [5, 5.41) is 22.1. The maximum absolute atomic E-state index is 10.2. The van der Waals surface area contributed by atoms with Crippen molar-refractivity contribution >= 4 is 0 Å². The third kappa shape index (κ3) is 4.96. The van der Waals surface area contributed by atoms with Gasteiger partial charge in [0.15, 0.2) is 0 Å². The molecule has 0 aliphatic heterocycles. The average Bonchev–Trinajstić information content (AvgIpc) is 2.23. The van der Waals surface area contributed by atoms with Gasteiger partial charge in [-0.3, -0.25) is 0 Å². The van der Waals surface area contributed by atoms with Crippen LogP contribution in [0.3, 0.4) is 0 Å². The van der Waals surface area contributed by atoms with E-state index in [1.165, 1.54) is 0 Å². The fourth-order valence-electron chi connectivity index (χ4n) is 2.16. The highest BCUT2D eigenvalue weighted by atomic mass is 16.3. The van der Waals surface area contributed by atoms with Crippen LogP contribution >= 0.6 is 0 Å². The van der Waals surface area contributed by atoms with E-state index in [2.05, 4.69) is 12.2 Å². The summed E-state index contributed by atoms with van der Waals surface area (Å²) in [6, 6.07) is 0. The van der Waals surface area contributed by atoms with E-state index in [0.717, 1.165) is 51.0 Å². The Labute approximate surface area is 92.9 Å². The van der Waals surface area contributed by atoms with E-state index in [4.69, 9.17) is 5.11 Å². The van der Waals surface area contributed by atoms with Crippen molar-refractivity contribution in [3.63, 3.8) is 0 Å². The highest BCUT2D eigenvalue weighted by Crippen LogP contribution is 2.31. The molecular weight excluding hydrogens is 190 g/mol. The van der Waals surface area contributed by atoms with Crippen LogP contribution in [-0.4, -0.2) is 35.5 Å². The highest BCUT2D eigenvalue weighted by Gasteiger charge is 2.30. The molecule has 0 aromatic carbocycles. The van der Waals surface area contributed by atoms with Crippen LogP contribution in [0.2, 0.25) is 0 Å². The van der Waals surface area contributed by atoms with Gasteiger partial charge in [-0.25, -0.2) is 0 Å². The molecule has 0 heterocycles. The van der Waals surface area contributed by atoms with E-state index in [1.807, 2.05) is 0 Å². The number of unbranched alkanes of at least 4 members (excludes halogenated alkanes) is 1. The molecule has 0 saturated heterocycles. The van der Waals surface area contributed by atoms with Crippen molar-refractivity contribution < 1.29 is 10.2 Å². The summed E-state index contributed by atoms with van der Waals surface area (Å²) < 4.78 is 0. The lowest BCUT2D eigenvalue weighted by Gasteiger charge is -2.35. The molecule has 0 spiro atoms. The van der Waals surface area contributed by atoms with E-state index in [-0.39, 0.29) is 6.61 Å². The van der Waals surface area contributed by atoms with Crippen LogP contribution < -0.4 is 5.32 Å². The zero-order valence-corrected chi connectivity index (χ0v) is 9.84. The van der Waals surface area contributed by atoms with Crippen LogP contribution in [0.4, 0.5) is 0 Å². The summed E-state index contributed by atoms with van der Waals surface area (Å²) in [4.78, 5) is 0. The molecule has 3 heteroatoms. The summed E-state index contributed by atoms with van der Waals surface area (Å²) in [5.74, 6) is 0.777. The fourth-order valence-corrected chi connectivity index (χ4v) is 2.16. The second kappa shape index (κ2) is 6.46. The van der Waals surface area contributed by atoms with Gasteiger partial charge in [0, 0.05) is 13.2 Å². The Hall–Kier alpha value is -0.120. The summed E-state index contributed by atoms with van der Waals surface area (Å²) in [7, 11) is 0. The first kappa shape index (κ1) is 12.9. The molecule has 0 atom stereocenters. The Bertz CT molecular complexity index is 165. The van der Waals surface area contributed by atoms with E-state index < -0.39 is 5.60 Å². The molecule has 1 saturated carbocycles. The second-order valence-corrected chi connectivity index (χ2v) is 5.01. The van der Waals surface area contributed by atoms with Crippen LogP contribution in [0, 0.1) is 5.92 Å². The molecule has 1 aliphatic carbocycles. The first-order valence-electron chi connectivity index (χ1n) is 6.20. The maximum Gasteiger partial charge on any atom is 0.0771 e. The maximum atomic E-state index is 10.2. The average molecular weight is 215 g/mol. The van der Waals surface area contributed by atoms with Gasteiger partial charge in [-0.2, -0.15) is 0 Å². The lowest BCUT2D eigenvalue weighted by Crippen LogP contribution is -2.43. The Morgan fingerprint density at radius 3 is 2.53 bits per heavy atom. The van der Waals surface area contributed by atoms with Gasteiger partial charge in [-0.1, -0.05) is 6.92 Å². The third-order valence-electron chi connectivity index (χ3n) is 3.42. The molecule has 0 bridgehead atoms. The monoisotopic (exact) mass is 215 g/mol. The first-order chi connectivity index (χ1) is 7.16. The Morgan fingerprint density at radius 1 is 1.27 bits per heavy atom. The molecule has 0 amide bonds. The number of hydrogen-bond acceptors (Lipinski definition) is 3. The van der Waals surface area contributed by atoms with Crippen molar-refractivity contribution in [1.82, 2.24) is 5.32 Å². The molecule has 0 unspecified atom stereocenters. The number of rotatable bonds is 6. The normalized spacial score (nSPS) is 31.8. The topological polar surface area (TPSA) is 52.5 Å². The lowest BCUT2D eigenvalue weighted by atomic mass is 9.79. The van der Waals surface area contributed by atoms with E-state index in [0.29, 0.717) is 6.54 Å². The first-order valence-corrected chi connectivity index (χ1v) is 6.20. The van der Waals surface area contributed by atoms with Crippen LogP contribution in [-0.2, 0) is 0 Å². The standard InChI is InChI=1S/C12H25NO2/c1-11-4-6-12(15,7-5-11)10-13-8-2-3-9-14/h11,13-15H,2-10H2,1H3. The summed E-state index contributed by atoms with van der Waals surface area (Å²) in [6.07, 6.45) is 6.00. The van der Waals surface area contributed by atoms with Crippen LogP contribution in [0.15, 0.2) is 0 Å². The molecule has 1 aliphatic rings. The number of hydrogen-bond donors (Lipinski definition) is 3. The minimum atomic E-state index is -0.467. The fraction of sp³-hybridized carbons (Fsp3) is 1.00. The molecular formula is C12H25NO2. The van der Waals surface area contributed by atoms with Gasteiger partial charge < -0.3 is 15.5 Å². The second-order valence-electron chi connectivity index (χ2n) is 5.01. The minimum Gasteiger partial charge on any atom is -0.396 e. The molecule has 0 aromatic heterocycles. The van der Waals surface area contributed by atoms with Crippen LogP contribution in [0.5, 0.6) is 0 Å². The van der Waals surface area contributed by atoms with E-state index >= 15 is 0 Å². The van der Waals surface area contributed by atoms with Crippen molar-refractivity contribution in [2.24, 2.45) is 5.92 Å². The van der Waals surface area contributed by atoms with Gasteiger partial charge in [-0.05, 0) is 51.0 Å². The third-order valence-corrected chi connectivity index (χ3v) is 3.42. The van der Waals surface area contributed by atoms with Crippen molar-refractivity contribution in [3.8, 4) is 0 Å². The Kier molecular flexibility index (Phi) is 5.58. The van der Waals surface area contributed by atoms with Gasteiger partial charge in [0.1, 0.15) is 0 Å². The number of nitrogens with one attached hydrogen (secondary N) is 1. The van der Waals surface area contributed by atoms with E-state index in [1.54, 1.807) is 0 Å². The molecule has 0 aromatic rings. The Balaban J connectivity index is 2.08. The highest BCUT2D eigenvalue weighted by molar-refractivity contribution is 4.86. The largest absolute Gasteiger partial charge is 0.396 e. The van der Waals surface area contributed by atoms with Crippen molar-refractivity contribution in [2.45, 2.75) is 51.0 Å². The molecule has 15 heavy (non-hydrogen) atoms. The molecule has 90 valence electrons. The number of aliphatic hydroxyl groups is 2. The van der Waals surface area contributed by atoms with Crippen LogP contribution in [0.1, 0.15) is 45.4 Å². The van der Waals surface area contributed by atoms with Crippen molar-refractivity contribution in [1.29, 1.82) is 0 Å². The van der Waals surface area contributed by atoms with Crippen molar-refractivity contribution in [3.05, 3.63) is 0 Å². The molecule has 0 radical (unpaired) electrons. The van der Waals surface area contributed by atoms with Gasteiger partial charge in [0.2, 0.25) is 0 Å². The van der Waals surface area contributed by atoms with Gasteiger partial charge in [-0.15, -0.1) is 0 Å². The quantitative estimate of drug-likeness (QED) is 0.585. The predicted molar refractivity (Wildman–Crippen MR) is 61.8 cm³/mol. The summed E-state index contributed by atoms with van der Waals surface area (Å²) in [6.45, 7) is 4.14. The van der Waals surface area contributed by atoms with Crippen molar-refractivity contribution in [2.75, 3.05) is 19.7 Å². The lowest BCUT2D eigenvalue weighted by molar-refractivity contribution is -0.00598. The van der Waals surface area contributed by atoms with Crippen LogP contribution in [0.25, 0.3) is 0 Å². The van der Waals surface area contributed by atoms with E-state index in [9.17, 15) is 5.11 Å². The van der Waals surface area contributed by atoms with Gasteiger partial charge in [0.05, 0.1) is 5.60 Å². The summed E-state index contributed by atoms with van der Waals surface area (Å²) in [5.41, 5.74) is -0.467. The molecule has 1 rings (SSSR count). The minimum absolute atomic E-state index is 0.267. The zero-order chi connectivity index (χ0) is 11.1. The number of aliphatic hydroxyl groups excluding tert-OH is 1. The summed E-state index contributed by atoms with van der Waals surface area (Å²) >= 11 is 0. The van der Waals surface area contributed by atoms with Gasteiger partial charge in [0.25, 0.3) is 0 Å². The molecule has 3 nitrogen and oxygen atoms in total. The smallest absolute Gasteiger partial charge is 0.0771 e.